The Bertz CT molecular complexity index is 847. The maximum atomic E-state index is 4.89. The molecule has 3 heteroatoms. The van der Waals surface area contributed by atoms with Crippen molar-refractivity contribution in [2.24, 2.45) is 10.9 Å². The number of hydrogen-bond acceptors (Lipinski definition) is 1. The molecule has 0 radical (unpaired) electrons. The van der Waals surface area contributed by atoms with Gasteiger partial charge in [0.15, 0.2) is 0 Å². The number of unbranched alkanes of at least 4 members (excludes halogenated alkanes) is 8. The van der Waals surface area contributed by atoms with Crippen molar-refractivity contribution in [1.82, 2.24) is 9.97 Å². The van der Waals surface area contributed by atoms with Crippen LogP contribution in [0.3, 0.4) is 0 Å². The highest BCUT2D eigenvalue weighted by Crippen LogP contribution is 2.27. The number of hydrogen-bond donors (Lipinski definition) is 2. The minimum atomic E-state index is 0.448. The Labute approximate surface area is 182 Å². The smallest absolute Gasteiger partial charge is 0.0906 e. The molecule has 3 rings (SSSR count). The van der Waals surface area contributed by atoms with Gasteiger partial charge in [-0.15, -0.1) is 0 Å². The summed E-state index contributed by atoms with van der Waals surface area (Å²) in [4.78, 5) is 11.8. The third-order valence-electron chi connectivity index (χ3n) is 5.91. The summed E-state index contributed by atoms with van der Waals surface area (Å²) >= 11 is 0. The van der Waals surface area contributed by atoms with Gasteiger partial charge in [-0.2, -0.15) is 0 Å². The van der Waals surface area contributed by atoms with Gasteiger partial charge in [-0.1, -0.05) is 72.1 Å². The first kappa shape index (κ1) is 22.4. The van der Waals surface area contributed by atoms with Crippen LogP contribution in [0.4, 0.5) is 0 Å². The van der Waals surface area contributed by atoms with Crippen LogP contribution < -0.4 is 0 Å². The second kappa shape index (κ2) is 11.8. The number of aromatic nitrogens is 2. The van der Waals surface area contributed by atoms with Crippen molar-refractivity contribution in [3.05, 3.63) is 64.9 Å². The molecule has 0 atom stereocenters. The van der Waals surface area contributed by atoms with E-state index in [1.54, 1.807) is 0 Å². The predicted molar refractivity (Wildman–Crippen MR) is 130 cm³/mol. The number of H-pyrrole nitrogens is 2. The Balaban J connectivity index is 1.47. The average Bonchev–Trinajstić information content (AvgIpc) is 3.48. The average molecular weight is 406 g/mol. The molecule has 0 aliphatic carbocycles. The van der Waals surface area contributed by atoms with Gasteiger partial charge in [-0.3, -0.25) is 0 Å². The molecule has 162 valence electrons. The highest BCUT2D eigenvalue weighted by molar-refractivity contribution is 6.14. The van der Waals surface area contributed by atoms with Crippen molar-refractivity contribution in [3.63, 3.8) is 0 Å². The molecule has 3 heterocycles. The molecule has 0 spiro atoms. The summed E-state index contributed by atoms with van der Waals surface area (Å²) in [7, 11) is 0. The molecule has 2 N–H and O–H groups in total. The van der Waals surface area contributed by atoms with Crippen LogP contribution in [0.15, 0.2) is 52.8 Å². The lowest BCUT2D eigenvalue weighted by atomic mass is 9.97. The normalized spacial score (nSPS) is 15.3. The van der Waals surface area contributed by atoms with E-state index in [2.05, 4.69) is 61.1 Å². The lowest BCUT2D eigenvalue weighted by Gasteiger charge is -2.08. The summed E-state index contributed by atoms with van der Waals surface area (Å²) in [6, 6.07) is 8.53. The Morgan fingerprint density at radius 2 is 1.67 bits per heavy atom. The van der Waals surface area contributed by atoms with Gasteiger partial charge in [0.1, 0.15) is 0 Å². The van der Waals surface area contributed by atoms with Crippen molar-refractivity contribution in [2.75, 3.05) is 0 Å². The van der Waals surface area contributed by atoms with Crippen molar-refractivity contribution in [1.29, 1.82) is 0 Å². The third-order valence-corrected chi connectivity index (χ3v) is 5.91. The Morgan fingerprint density at radius 1 is 0.933 bits per heavy atom. The number of nitrogens with zero attached hydrogens (tertiary/aromatic N) is 1. The topological polar surface area (TPSA) is 43.9 Å². The lowest BCUT2D eigenvalue weighted by Crippen LogP contribution is -2.07. The lowest BCUT2D eigenvalue weighted by molar-refractivity contribution is 0.564. The molecule has 2 aromatic heterocycles. The molecule has 0 amide bonds. The molecular weight excluding hydrogens is 366 g/mol. The summed E-state index contributed by atoms with van der Waals surface area (Å²) in [5.74, 6) is 0.448. The first-order valence-electron chi connectivity index (χ1n) is 12.0. The Morgan fingerprint density at radius 3 is 2.33 bits per heavy atom. The summed E-state index contributed by atoms with van der Waals surface area (Å²) in [6.07, 6.45) is 19.9. The van der Waals surface area contributed by atoms with E-state index in [0.29, 0.717) is 5.92 Å². The van der Waals surface area contributed by atoms with Crippen LogP contribution in [-0.4, -0.2) is 15.7 Å². The number of aromatic amines is 2. The molecule has 1 aliphatic rings. The number of rotatable bonds is 13. The van der Waals surface area contributed by atoms with Crippen LogP contribution in [0, 0.1) is 5.92 Å². The van der Waals surface area contributed by atoms with Gasteiger partial charge in [0, 0.05) is 17.6 Å². The van der Waals surface area contributed by atoms with E-state index in [1.165, 1.54) is 69.1 Å². The van der Waals surface area contributed by atoms with Crippen LogP contribution >= 0.6 is 0 Å². The van der Waals surface area contributed by atoms with Crippen molar-refractivity contribution in [3.8, 4) is 0 Å². The molecule has 0 bridgehead atoms. The number of nitrogens with one attached hydrogen (secondary N) is 2. The molecular formula is C27H39N3. The van der Waals surface area contributed by atoms with Crippen molar-refractivity contribution in [2.45, 2.75) is 85.0 Å². The van der Waals surface area contributed by atoms with E-state index in [-0.39, 0.29) is 0 Å². The van der Waals surface area contributed by atoms with Crippen LogP contribution in [0.1, 0.15) is 95.6 Å². The number of allylic oxidation sites excluding steroid dienone is 2. The molecule has 2 aromatic rings. The summed E-state index contributed by atoms with van der Waals surface area (Å²) < 4.78 is 0. The second-order valence-electron chi connectivity index (χ2n) is 8.89. The standard InChI is InChI=1S/C27H39N3/c1-4-5-6-7-8-9-10-11-12-14-22-16-17-23(29-22)19-24-20-25(21(2)3)27(30-24)26-15-13-18-28-26/h13,15-21,28-29H,4-12,14H2,1-3H3/b24-19-. The fourth-order valence-electron chi connectivity index (χ4n) is 4.14. The van der Waals surface area contributed by atoms with E-state index >= 15 is 0 Å². The van der Waals surface area contributed by atoms with Gasteiger partial charge in [-0.05, 0) is 60.8 Å². The Hall–Kier alpha value is -2.29. The molecule has 1 aliphatic heterocycles. The summed E-state index contributed by atoms with van der Waals surface area (Å²) in [5.41, 5.74) is 6.97. The maximum absolute atomic E-state index is 4.89. The molecule has 0 aromatic carbocycles. The SMILES string of the molecule is CCCCCCCCCCCc1ccc(/C=C2/C=C(C(C)C)C(c3ccc[nH]3)=N2)[nH]1. The van der Waals surface area contributed by atoms with Gasteiger partial charge in [0.05, 0.1) is 17.1 Å². The highest BCUT2D eigenvalue weighted by Gasteiger charge is 2.20. The Kier molecular flexibility index (Phi) is 8.80. The zero-order valence-electron chi connectivity index (χ0n) is 19.1. The minimum absolute atomic E-state index is 0.448. The quantitative estimate of drug-likeness (QED) is 0.319. The third kappa shape index (κ3) is 6.62. The maximum Gasteiger partial charge on any atom is 0.0906 e. The molecule has 0 saturated heterocycles. The van der Waals surface area contributed by atoms with Gasteiger partial charge < -0.3 is 9.97 Å². The van der Waals surface area contributed by atoms with E-state index in [1.807, 2.05) is 12.3 Å². The van der Waals surface area contributed by atoms with Gasteiger partial charge >= 0.3 is 0 Å². The number of aliphatic imine (C=N–C) groups is 1. The van der Waals surface area contributed by atoms with Crippen LogP contribution in [-0.2, 0) is 6.42 Å². The van der Waals surface area contributed by atoms with E-state index in [0.717, 1.165) is 29.2 Å². The zero-order valence-corrected chi connectivity index (χ0v) is 19.1. The van der Waals surface area contributed by atoms with Crippen LogP contribution in [0.2, 0.25) is 0 Å². The fraction of sp³-hybridized carbons (Fsp3) is 0.519. The van der Waals surface area contributed by atoms with Crippen molar-refractivity contribution >= 4 is 11.8 Å². The molecule has 3 nitrogen and oxygen atoms in total. The fourth-order valence-corrected chi connectivity index (χ4v) is 4.14. The van der Waals surface area contributed by atoms with Gasteiger partial charge in [-0.25, -0.2) is 4.99 Å². The van der Waals surface area contributed by atoms with E-state index in [4.69, 9.17) is 4.99 Å². The van der Waals surface area contributed by atoms with E-state index in [9.17, 15) is 0 Å². The minimum Gasteiger partial charge on any atom is -0.360 e. The first-order chi connectivity index (χ1) is 14.7. The van der Waals surface area contributed by atoms with Crippen LogP contribution in [0.25, 0.3) is 6.08 Å². The molecule has 0 fully saturated rings. The van der Waals surface area contributed by atoms with Gasteiger partial charge in [0.25, 0.3) is 0 Å². The summed E-state index contributed by atoms with van der Waals surface area (Å²) in [5, 5.41) is 0. The highest BCUT2D eigenvalue weighted by atomic mass is 14.8. The molecule has 0 unspecified atom stereocenters. The largest absolute Gasteiger partial charge is 0.360 e. The number of aryl methyl sites for hydroxylation is 1. The van der Waals surface area contributed by atoms with E-state index < -0.39 is 0 Å². The monoisotopic (exact) mass is 405 g/mol. The first-order valence-corrected chi connectivity index (χ1v) is 12.0. The molecule has 30 heavy (non-hydrogen) atoms. The summed E-state index contributed by atoms with van der Waals surface area (Å²) in [6.45, 7) is 6.74. The van der Waals surface area contributed by atoms with Gasteiger partial charge in [0.2, 0.25) is 0 Å². The predicted octanol–water partition coefficient (Wildman–Crippen LogP) is 7.84. The van der Waals surface area contributed by atoms with Crippen LogP contribution in [0.5, 0.6) is 0 Å². The zero-order chi connectivity index (χ0) is 21.2. The van der Waals surface area contributed by atoms with Crippen molar-refractivity contribution < 1.29 is 0 Å². The second-order valence-corrected chi connectivity index (χ2v) is 8.89. The molecule has 0 saturated carbocycles.